The maximum Gasteiger partial charge on any atom is 0.416 e. The van der Waals surface area contributed by atoms with Gasteiger partial charge in [0.05, 0.1) is 11.1 Å². The molecule has 28 heavy (non-hydrogen) atoms. The van der Waals surface area contributed by atoms with Crippen LogP contribution >= 0.6 is 0 Å². The lowest BCUT2D eigenvalue weighted by Crippen LogP contribution is -2.42. The third kappa shape index (κ3) is 5.48. The molecule has 4 nitrogen and oxygen atoms in total. The number of aliphatic carboxylic acids is 1. The van der Waals surface area contributed by atoms with Gasteiger partial charge in [-0.25, -0.2) is 4.79 Å². The van der Waals surface area contributed by atoms with Crippen LogP contribution in [-0.2, 0) is 23.6 Å². The highest BCUT2D eigenvalue weighted by Gasteiger charge is 2.31. The first-order valence-corrected chi connectivity index (χ1v) is 7.75. The van der Waals surface area contributed by atoms with Gasteiger partial charge in [-0.1, -0.05) is 12.1 Å². The number of rotatable bonds is 5. The van der Waals surface area contributed by atoms with Gasteiger partial charge in [0.1, 0.15) is 6.04 Å². The maximum atomic E-state index is 12.6. The first-order chi connectivity index (χ1) is 12.9. The van der Waals surface area contributed by atoms with Crippen LogP contribution < -0.4 is 5.32 Å². The average molecular weight is 405 g/mol. The molecule has 1 atom stereocenters. The highest BCUT2D eigenvalue weighted by molar-refractivity contribution is 5.96. The number of benzene rings is 2. The van der Waals surface area contributed by atoms with E-state index in [4.69, 9.17) is 0 Å². The summed E-state index contributed by atoms with van der Waals surface area (Å²) < 4.78 is 75.2. The number of nitrogens with one attached hydrogen (secondary N) is 1. The molecule has 1 amide bonds. The van der Waals surface area contributed by atoms with E-state index in [-0.39, 0.29) is 17.5 Å². The van der Waals surface area contributed by atoms with Gasteiger partial charge >= 0.3 is 18.3 Å². The van der Waals surface area contributed by atoms with Crippen LogP contribution in [0.1, 0.15) is 27.0 Å². The molecule has 2 aromatic carbocycles. The summed E-state index contributed by atoms with van der Waals surface area (Å²) in [5.41, 5.74) is -1.83. The molecule has 0 spiro atoms. The molecule has 0 saturated carbocycles. The fourth-order valence-electron chi connectivity index (χ4n) is 2.32. The molecule has 2 aromatic rings. The second-order valence-corrected chi connectivity index (χ2v) is 5.84. The maximum absolute atomic E-state index is 12.6. The molecule has 10 heteroatoms. The van der Waals surface area contributed by atoms with Crippen molar-refractivity contribution in [1.82, 2.24) is 5.32 Å². The minimum atomic E-state index is -4.58. The summed E-state index contributed by atoms with van der Waals surface area (Å²) in [6, 6.07) is 5.42. The highest BCUT2D eigenvalue weighted by atomic mass is 19.4. The topological polar surface area (TPSA) is 66.4 Å². The van der Waals surface area contributed by atoms with E-state index < -0.39 is 41.4 Å². The summed E-state index contributed by atoms with van der Waals surface area (Å²) in [4.78, 5) is 23.4. The standard InChI is InChI=1S/C18H13F6NO3/c19-17(20,21)12-5-1-10(2-6-12)9-14(16(27)28)25-15(26)11-3-7-13(8-4-11)18(22,23)24/h1-8,14H,9H2,(H,25,26)(H,27,28)/t14-/m0/s1. The van der Waals surface area contributed by atoms with Crippen molar-refractivity contribution in [3.63, 3.8) is 0 Å². The van der Waals surface area contributed by atoms with Gasteiger partial charge in [-0.15, -0.1) is 0 Å². The summed E-state index contributed by atoms with van der Waals surface area (Å²) in [6.45, 7) is 0. The van der Waals surface area contributed by atoms with Crippen LogP contribution in [0.15, 0.2) is 48.5 Å². The Bertz CT molecular complexity index is 842. The van der Waals surface area contributed by atoms with Crippen molar-refractivity contribution >= 4 is 11.9 Å². The second kappa shape index (κ2) is 7.91. The van der Waals surface area contributed by atoms with Crippen molar-refractivity contribution in [3.05, 3.63) is 70.8 Å². The van der Waals surface area contributed by atoms with Crippen LogP contribution in [0.25, 0.3) is 0 Å². The van der Waals surface area contributed by atoms with Gasteiger partial charge in [-0.3, -0.25) is 4.79 Å². The smallest absolute Gasteiger partial charge is 0.416 e. The monoisotopic (exact) mass is 405 g/mol. The Morgan fingerprint density at radius 2 is 1.25 bits per heavy atom. The third-order valence-electron chi connectivity index (χ3n) is 3.80. The molecule has 0 aromatic heterocycles. The molecule has 0 heterocycles. The number of amides is 1. The van der Waals surface area contributed by atoms with Gasteiger partial charge in [0.15, 0.2) is 0 Å². The number of halogens is 6. The Balaban J connectivity index is 2.10. The van der Waals surface area contributed by atoms with E-state index in [1.807, 2.05) is 0 Å². The zero-order valence-electron chi connectivity index (χ0n) is 13.9. The summed E-state index contributed by atoms with van der Waals surface area (Å²) in [7, 11) is 0. The lowest BCUT2D eigenvalue weighted by Gasteiger charge is -2.16. The molecule has 0 bridgehead atoms. The first-order valence-electron chi connectivity index (χ1n) is 7.75. The second-order valence-electron chi connectivity index (χ2n) is 5.84. The molecule has 0 saturated heterocycles. The summed E-state index contributed by atoms with van der Waals surface area (Å²) in [5.74, 6) is -2.37. The van der Waals surface area contributed by atoms with Crippen LogP contribution in [0.5, 0.6) is 0 Å². The molecule has 2 rings (SSSR count). The first kappa shape index (κ1) is 21.3. The Morgan fingerprint density at radius 1 is 0.821 bits per heavy atom. The van der Waals surface area contributed by atoms with Crippen molar-refractivity contribution < 1.29 is 41.0 Å². The Labute approximate surface area is 154 Å². The summed E-state index contributed by atoms with van der Waals surface area (Å²) in [5, 5.41) is 11.4. The van der Waals surface area contributed by atoms with Crippen LogP contribution in [-0.4, -0.2) is 23.0 Å². The lowest BCUT2D eigenvalue weighted by molar-refractivity contribution is -0.139. The summed E-state index contributed by atoms with van der Waals surface area (Å²) >= 11 is 0. The lowest BCUT2D eigenvalue weighted by atomic mass is 10.0. The fraction of sp³-hybridized carbons (Fsp3) is 0.222. The molecule has 2 N–H and O–H groups in total. The normalized spacial score (nSPS) is 13.1. The predicted molar refractivity (Wildman–Crippen MR) is 85.5 cm³/mol. The number of carboxylic acids is 1. The van der Waals surface area contributed by atoms with Crippen molar-refractivity contribution in [1.29, 1.82) is 0 Å². The van der Waals surface area contributed by atoms with Crippen LogP contribution in [0, 0.1) is 0 Å². The minimum absolute atomic E-state index is 0.188. The fourth-order valence-corrected chi connectivity index (χ4v) is 2.32. The van der Waals surface area contributed by atoms with Crippen LogP contribution in [0.4, 0.5) is 26.3 Å². The van der Waals surface area contributed by atoms with E-state index >= 15 is 0 Å². The average Bonchev–Trinajstić information content (AvgIpc) is 2.60. The Morgan fingerprint density at radius 3 is 1.64 bits per heavy atom. The Kier molecular flexibility index (Phi) is 6.01. The van der Waals surface area contributed by atoms with Crippen molar-refractivity contribution in [2.75, 3.05) is 0 Å². The SMILES string of the molecule is O=C(N[C@@H](Cc1ccc(C(F)(F)F)cc1)C(=O)O)c1ccc(C(F)(F)F)cc1. The highest BCUT2D eigenvalue weighted by Crippen LogP contribution is 2.30. The van der Waals surface area contributed by atoms with Gasteiger partial charge in [0, 0.05) is 12.0 Å². The van der Waals surface area contributed by atoms with E-state index in [0.717, 1.165) is 36.4 Å². The largest absolute Gasteiger partial charge is 0.480 e. The molecule has 150 valence electrons. The van der Waals surface area contributed by atoms with Crippen LogP contribution in [0.3, 0.4) is 0 Å². The van der Waals surface area contributed by atoms with E-state index in [1.165, 1.54) is 0 Å². The molecule has 0 radical (unpaired) electrons. The summed E-state index contributed by atoms with van der Waals surface area (Å²) in [6.07, 6.45) is -9.43. The minimum Gasteiger partial charge on any atom is -0.480 e. The zero-order valence-corrected chi connectivity index (χ0v) is 13.9. The zero-order chi connectivity index (χ0) is 21.1. The van der Waals surface area contributed by atoms with E-state index in [2.05, 4.69) is 5.32 Å². The van der Waals surface area contributed by atoms with Gasteiger partial charge < -0.3 is 10.4 Å². The van der Waals surface area contributed by atoms with E-state index in [1.54, 1.807) is 0 Å². The third-order valence-corrected chi connectivity index (χ3v) is 3.80. The van der Waals surface area contributed by atoms with E-state index in [0.29, 0.717) is 12.1 Å². The number of hydrogen-bond acceptors (Lipinski definition) is 2. The van der Waals surface area contributed by atoms with E-state index in [9.17, 15) is 41.0 Å². The van der Waals surface area contributed by atoms with Crippen molar-refractivity contribution in [3.8, 4) is 0 Å². The number of alkyl halides is 6. The number of carbonyl (C=O) groups excluding carboxylic acids is 1. The van der Waals surface area contributed by atoms with Crippen molar-refractivity contribution in [2.45, 2.75) is 24.8 Å². The molecular weight excluding hydrogens is 392 g/mol. The number of carboxylic acid groups (broad SMARTS) is 1. The molecular formula is C18H13F6NO3. The predicted octanol–water partition coefficient (Wildman–Crippen LogP) is 4.15. The van der Waals surface area contributed by atoms with Gasteiger partial charge in [-0.2, -0.15) is 26.3 Å². The quantitative estimate of drug-likeness (QED) is 0.735. The van der Waals surface area contributed by atoms with Crippen LogP contribution in [0.2, 0.25) is 0 Å². The number of carbonyl (C=O) groups is 2. The Hall–Kier alpha value is -3.04. The molecule has 0 aliphatic rings. The van der Waals surface area contributed by atoms with Gasteiger partial charge in [-0.05, 0) is 42.0 Å². The molecule has 0 aliphatic heterocycles. The number of hydrogen-bond donors (Lipinski definition) is 2. The molecule has 0 fully saturated rings. The van der Waals surface area contributed by atoms with Gasteiger partial charge in [0.2, 0.25) is 0 Å². The van der Waals surface area contributed by atoms with Crippen molar-refractivity contribution in [2.24, 2.45) is 0 Å². The molecule has 0 aliphatic carbocycles. The molecule has 0 unspecified atom stereocenters. The van der Waals surface area contributed by atoms with Gasteiger partial charge in [0.25, 0.3) is 5.91 Å².